The number of hydrogen-bond acceptors (Lipinski definition) is 3. The number of aromatic nitrogens is 2. The van der Waals surface area contributed by atoms with Crippen LogP contribution in [0, 0.1) is 0 Å². The van der Waals surface area contributed by atoms with E-state index in [0.29, 0.717) is 28.8 Å². The lowest BCUT2D eigenvalue weighted by Gasteiger charge is -2.22. The van der Waals surface area contributed by atoms with Gasteiger partial charge in [-0.25, -0.2) is 4.98 Å². The summed E-state index contributed by atoms with van der Waals surface area (Å²) in [5.74, 6) is 0.433. The molecule has 1 heterocycles. The van der Waals surface area contributed by atoms with Gasteiger partial charge in [0.05, 0.1) is 17.4 Å². The van der Waals surface area contributed by atoms with Crippen molar-refractivity contribution >= 4 is 16.8 Å². The molecule has 31 heavy (non-hydrogen) atoms. The highest BCUT2D eigenvalue weighted by Gasteiger charge is 2.19. The molecular weight excluding hydrogens is 386 g/mol. The minimum Gasteiger partial charge on any atom is -0.331 e. The van der Waals surface area contributed by atoms with Gasteiger partial charge in [-0.2, -0.15) is 0 Å². The molecule has 4 rings (SSSR count). The first kappa shape index (κ1) is 20.5. The molecule has 5 heteroatoms. The molecule has 0 spiro atoms. The van der Waals surface area contributed by atoms with Crippen molar-refractivity contribution < 1.29 is 4.79 Å². The maximum atomic E-state index is 13.4. The van der Waals surface area contributed by atoms with Gasteiger partial charge in [-0.05, 0) is 49.1 Å². The number of nitrogens with zero attached hydrogens (tertiary/aromatic N) is 2. The fraction of sp³-hybridized carbons (Fsp3) is 0.192. The van der Waals surface area contributed by atoms with Crippen LogP contribution in [0.15, 0.2) is 83.7 Å². The van der Waals surface area contributed by atoms with Crippen LogP contribution in [0.4, 0.5) is 0 Å². The number of rotatable bonds is 7. The summed E-state index contributed by atoms with van der Waals surface area (Å²) in [6, 6.07) is 25.2. The number of aromatic amines is 1. The molecule has 0 aliphatic rings. The van der Waals surface area contributed by atoms with Crippen molar-refractivity contribution in [3.63, 3.8) is 0 Å². The second-order valence-corrected chi connectivity index (χ2v) is 7.49. The number of H-pyrrole nitrogens is 1. The first-order chi connectivity index (χ1) is 15.2. The van der Waals surface area contributed by atoms with Crippen LogP contribution in [0.5, 0.6) is 0 Å². The van der Waals surface area contributed by atoms with E-state index >= 15 is 0 Å². The Hall–Kier alpha value is -3.73. The van der Waals surface area contributed by atoms with E-state index in [-0.39, 0.29) is 18.0 Å². The molecule has 1 N–H and O–H groups in total. The lowest BCUT2D eigenvalue weighted by atomic mass is 9.99. The minimum atomic E-state index is -0.188. The van der Waals surface area contributed by atoms with Crippen molar-refractivity contribution in [3.05, 3.63) is 112 Å². The van der Waals surface area contributed by atoms with Crippen LogP contribution in [0.25, 0.3) is 10.9 Å². The lowest BCUT2D eigenvalue weighted by Crippen LogP contribution is -2.32. The number of hydrogen-bond donors (Lipinski definition) is 1. The van der Waals surface area contributed by atoms with Crippen LogP contribution < -0.4 is 5.56 Å². The second kappa shape index (κ2) is 9.39. The lowest BCUT2D eigenvalue weighted by molar-refractivity contribution is 0.0747. The van der Waals surface area contributed by atoms with Crippen molar-refractivity contribution in [1.82, 2.24) is 14.9 Å². The van der Waals surface area contributed by atoms with E-state index in [2.05, 4.69) is 22.1 Å². The molecule has 0 radical (unpaired) electrons. The Bertz CT molecular complexity index is 1250. The van der Waals surface area contributed by atoms with E-state index in [4.69, 9.17) is 0 Å². The van der Waals surface area contributed by atoms with E-state index < -0.39 is 0 Å². The number of benzene rings is 3. The number of para-hydroxylation sites is 1. The van der Waals surface area contributed by atoms with Crippen molar-refractivity contribution in [2.75, 3.05) is 6.54 Å². The van der Waals surface area contributed by atoms with E-state index in [9.17, 15) is 9.59 Å². The third-order valence-electron chi connectivity index (χ3n) is 5.45. The standard InChI is InChI=1S/C26H25N3O2/c1-2-29(18-24-27-23-15-9-8-14-22(23)25(30)28-24)26(31)21-13-7-6-12-20(21)17-16-19-10-4-3-5-11-19/h3-15H,2,16-18H2,1H3,(H,27,28,30). The van der Waals surface area contributed by atoms with E-state index in [1.54, 1.807) is 11.0 Å². The molecule has 0 saturated heterocycles. The number of nitrogens with one attached hydrogen (secondary N) is 1. The molecule has 156 valence electrons. The van der Waals surface area contributed by atoms with Crippen LogP contribution in [0.1, 0.15) is 34.2 Å². The van der Waals surface area contributed by atoms with Gasteiger partial charge in [-0.1, -0.05) is 60.7 Å². The van der Waals surface area contributed by atoms with Crippen molar-refractivity contribution in [1.29, 1.82) is 0 Å². The van der Waals surface area contributed by atoms with Crippen LogP contribution in [0.2, 0.25) is 0 Å². The fourth-order valence-electron chi connectivity index (χ4n) is 3.76. The SMILES string of the molecule is CCN(Cc1nc2ccccc2c(=O)[nH]1)C(=O)c1ccccc1CCc1ccccc1. The van der Waals surface area contributed by atoms with Crippen LogP contribution in [-0.2, 0) is 19.4 Å². The van der Waals surface area contributed by atoms with Crippen molar-refractivity contribution in [3.8, 4) is 0 Å². The first-order valence-electron chi connectivity index (χ1n) is 10.5. The quantitative estimate of drug-likeness (QED) is 0.491. The number of fused-ring (bicyclic) bond motifs is 1. The highest BCUT2D eigenvalue weighted by atomic mass is 16.2. The van der Waals surface area contributed by atoms with Gasteiger partial charge >= 0.3 is 0 Å². The van der Waals surface area contributed by atoms with E-state index in [1.807, 2.05) is 67.6 Å². The van der Waals surface area contributed by atoms with Gasteiger partial charge < -0.3 is 9.88 Å². The van der Waals surface area contributed by atoms with Gasteiger partial charge in [0.2, 0.25) is 0 Å². The molecule has 0 bridgehead atoms. The summed E-state index contributed by atoms with van der Waals surface area (Å²) in [6.07, 6.45) is 1.66. The topological polar surface area (TPSA) is 66.1 Å². The predicted molar refractivity (Wildman–Crippen MR) is 123 cm³/mol. The van der Waals surface area contributed by atoms with Crippen LogP contribution >= 0.6 is 0 Å². The summed E-state index contributed by atoms with van der Waals surface area (Å²) in [5.41, 5.74) is 3.41. The summed E-state index contributed by atoms with van der Waals surface area (Å²) in [4.78, 5) is 34.8. The number of aryl methyl sites for hydroxylation is 2. The molecule has 0 saturated carbocycles. The molecule has 0 unspecified atom stereocenters. The Morgan fingerprint density at radius 1 is 0.903 bits per heavy atom. The molecule has 5 nitrogen and oxygen atoms in total. The highest BCUT2D eigenvalue weighted by Crippen LogP contribution is 2.16. The zero-order valence-corrected chi connectivity index (χ0v) is 17.5. The Labute approximate surface area is 181 Å². The summed E-state index contributed by atoms with van der Waals surface area (Å²) in [7, 11) is 0. The average Bonchev–Trinajstić information content (AvgIpc) is 2.82. The highest BCUT2D eigenvalue weighted by molar-refractivity contribution is 5.95. The predicted octanol–water partition coefficient (Wildman–Crippen LogP) is 4.37. The van der Waals surface area contributed by atoms with Crippen LogP contribution in [0.3, 0.4) is 0 Å². The Balaban J connectivity index is 1.56. The van der Waals surface area contributed by atoms with E-state index in [1.165, 1.54) is 5.56 Å². The van der Waals surface area contributed by atoms with Gasteiger partial charge in [0.25, 0.3) is 11.5 Å². The third-order valence-corrected chi connectivity index (χ3v) is 5.45. The van der Waals surface area contributed by atoms with Gasteiger partial charge in [0.15, 0.2) is 0 Å². The monoisotopic (exact) mass is 411 g/mol. The van der Waals surface area contributed by atoms with Crippen LogP contribution in [-0.4, -0.2) is 27.3 Å². The van der Waals surface area contributed by atoms with E-state index in [0.717, 1.165) is 18.4 Å². The molecule has 0 fully saturated rings. The Kier molecular flexibility index (Phi) is 6.22. The number of carbonyl (C=O) groups is 1. The summed E-state index contributed by atoms with van der Waals surface area (Å²) in [5, 5.41) is 0.548. The van der Waals surface area contributed by atoms with Crippen molar-refractivity contribution in [2.45, 2.75) is 26.3 Å². The normalized spacial score (nSPS) is 10.9. The Morgan fingerprint density at radius 3 is 2.42 bits per heavy atom. The van der Waals surface area contributed by atoms with Gasteiger partial charge in [-0.15, -0.1) is 0 Å². The average molecular weight is 412 g/mol. The Morgan fingerprint density at radius 2 is 1.61 bits per heavy atom. The zero-order chi connectivity index (χ0) is 21.6. The zero-order valence-electron chi connectivity index (χ0n) is 17.5. The molecule has 1 amide bonds. The van der Waals surface area contributed by atoms with Gasteiger partial charge in [0.1, 0.15) is 5.82 Å². The molecule has 3 aromatic carbocycles. The minimum absolute atomic E-state index is 0.0537. The molecule has 4 aromatic rings. The smallest absolute Gasteiger partial charge is 0.258 e. The maximum absolute atomic E-state index is 13.4. The summed E-state index contributed by atoms with van der Waals surface area (Å²) in [6.45, 7) is 2.70. The second-order valence-electron chi connectivity index (χ2n) is 7.49. The maximum Gasteiger partial charge on any atom is 0.258 e. The first-order valence-corrected chi connectivity index (χ1v) is 10.5. The number of carbonyl (C=O) groups excluding carboxylic acids is 1. The van der Waals surface area contributed by atoms with Crippen molar-refractivity contribution in [2.24, 2.45) is 0 Å². The molecular formula is C26H25N3O2. The van der Waals surface area contributed by atoms with Gasteiger partial charge in [0, 0.05) is 12.1 Å². The molecule has 0 aliphatic carbocycles. The number of amides is 1. The van der Waals surface area contributed by atoms with Gasteiger partial charge in [-0.3, -0.25) is 9.59 Å². The largest absolute Gasteiger partial charge is 0.331 e. The summed E-state index contributed by atoms with van der Waals surface area (Å²) < 4.78 is 0. The molecule has 0 atom stereocenters. The third kappa shape index (κ3) is 4.72. The molecule has 1 aromatic heterocycles. The summed E-state index contributed by atoms with van der Waals surface area (Å²) >= 11 is 0. The molecule has 0 aliphatic heterocycles. The fourth-order valence-corrected chi connectivity index (χ4v) is 3.76.